The number of pyridine rings is 1. The molecule has 2 amide bonds. The lowest BCUT2D eigenvalue weighted by atomic mass is 10.1. The van der Waals surface area contributed by atoms with Crippen LogP contribution in [0.2, 0.25) is 0 Å². The Hall–Kier alpha value is -2.52. The van der Waals surface area contributed by atoms with E-state index in [9.17, 15) is 9.59 Å². The number of carbonyl (C=O) groups is 2. The highest BCUT2D eigenvalue weighted by Gasteiger charge is 2.28. The summed E-state index contributed by atoms with van der Waals surface area (Å²) in [5.41, 5.74) is -0.582. The third-order valence-electron chi connectivity index (χ3n) is 5.78. The molecule has 2 aliphatic rings. The van der Waals surface area contributed by atoms with E-state index in [0.717, 1.165) is 18.9 Å². The maximum atomic E-state index is 12.5. The second kappa shape index (κ2) is 9.77. The van der Waals surface area contributed by atoms with Crippen LogP contribution in [0.15, 0.2) is 35.4 Å². The standard InChI is InChI=1S/C24H33N5O3S/c1-24(2,3)32-23(31)26-16-21(30)28-12-14-29(15-13-28)33-20-7-5-6-19-18(20)10-11-25-22(19)27(4)17-8-9-17/h5-7,10-11,17H,8-9,12-16H2,1-4H3,(H,26,31). The molecule has 1 aromatic carbocycles. The van der Waals surface area contributed by atoms with Crippen molar-refractivity contribution in [3.8, 4) is 0 Å². The van der Waals surface area contributed by atoms with E-state index in [4.69, 9.17) is 4.74 Å². The molecule has 178 valence electrons. The average Bonchev–Trinajstić information content (AvgIpc) is 3.62. The number of aromatic nitrogens is 1. The first-order valence-electron chi connectivity index (χ1n) is 11.5. The molecule has 2 aromatic rings. The van der Waals surface area contributed by atoms with E-state index >= 15 is 0 Å². The van der Waals surface area contributed by atoms with Gasteiger partial charge in [-0.3, -0.25) is 4.79 Å². The van der Waals surface area contributed by atoms with Crippen LogP contribution in [0.1, 0.15) is 33.6 Å². The molecule has 1 aromatic heterocycles. The lowest BCUT2D eigenvalue weighted by Crippen LogP contribution is -2.49. The smallest absolute Gasteiger partial charge is 0.408 e. The van der Waals surface area contributed by atoms with Crippen LogP contribution in [0.3, 0.4) is 0 Å². The number of carbonyl (C=O) groups excluding carboxylic acids is 2. The number of hydrogen-bond acceptors (Lipinski definition) is 7. The molecule has 0 radical (unpaired) electrons. The van der Waals surface area contributed by atoms with Gasteiger partial charge in [0.15, 0.2) is 0 Å². The highest BCUT2D eigenvalue weighted by Crippen LogP contribution is 2.37. The number of nitrogens with one attached hydrogen (secondary N) is 1. The topological polar surface area (TPSA) is 78.0 Å². The molecule has 2 heterocycles. The fraction of sp³-hybridized carbons (Fsp3) is 0.542. The summed E-state index contributed by atoms with van der Waals surface area (Å²) < 4.78 is 7.49. The molecule has 4 rings (SSSR count). The van der Waals surface area contributed by atoms with Crippen LogP contribution in [-0.4, -0.2) is 77.6 Å². The van der Waals surface area contributed by atoms with Gasteiger partial charge in [0.25, 0.3) is 0 Å². The van der Waals surface area contributed by atoms with Crippen molar-refractivity contribution in [1.29, 1.82) is 0 Å². The quantitative estimate of drug-likeness (QED) is 0.646. The van der Waals surface area contributed by atoms with Crippen LogP contribution < -0.4 is 10.2 Å². The second-order valence-electron chi connectivity index (χ2n) is 9.58. The first kappa shape index (κ1) is 23.6. The fourth-order valence-electron chi connectivity index (χ4n) is 3.90. The summed E-state index contributed by atoms with van der Waals surface area (Å²) in [6.07, 6.45) is 3.80. The van der Waals surface area contributed by atoms with Crippen LogP contribution >= 0.6 is 11.9 Å². The van der Waals surface area contributed by atoms with Gasteiger partial charge in [-0.15, -0.1) is 0 Å². The van der Waals surface area contributed by atoms with Crippen molar-refractivity contribution in [2.75, 3.05) is 44.7 Å². The predicted octanol–water partition coefficient (Wildman–Crippen LogP) is 3.51. The van der Waals surface area contributed by atoms with Crippen LogP contribution in [-0.2, 0) is 9.53 Å². The summed E-state index contributed by atoms with van der Waals surface area (Å²) in [5.74, 6) is 0.958. The van der Waals surface area contributed by atoms with Gasteiger partial charge in [-0.2, -0.15) is 0 Å². The van der Waals surface area contributed by atoms with Crippen molar-refractivity contribution in [3.05, 3.63) is 30.5 Å². The molecular weight excluding hydrogens is 438 g/mol. The SMILES string of the molecule is CN(c1nccc2c(SN3CCN(C(=O)CNC(=O)OC(C)(C)C)CC3)cccc12)C1CC1. The molecule has 0 atom stereocenters. The maximum Gasteiger partial charge on any atom is 0.408 e. The third kappa shape index (κ3) is 6.09. The van der Waals surface area contributed by atoms with Crippen molar-refractivity contribution in [2.24, 2.45) is 0 Å². The Bertz CT molecular complexity index is 1010. The molecule has 1 aliphatic heterocycles. The summed E-state index contributed by atoms with van der Waals surface area (Å²) in [7, 11) is 2.13. The lowest BCUT2D eigenvalue weighted by molar-refractivity contribution is -0.131. The number of amides is 2. The van der Waals surface area contributed by atoms with E-state index in [1.54, 1.807) is 37.6 Å². The average molecular weight is 472 g/mol. The zero-order valence-electron chi connectivity index (χ0n) is 19.8. The number of hydrogen-bond donors (Lipinski definition) is 1. The van der Waals surface area contributed by atoms with Crippen molar-refractivity contribution >= 4 is 40.5 Å². The summed E-state index contributed by atoms with van der Waals surface area (Å²) >= 11 is 1.74. The van der Waals surface area contributed by atoms with Gasteiger partial charge in [0.05, 0.1) is 0 Å². The van der Waals surface area contributed by atoms with Gasteiger partial charge in [0.1, 0.15) is 18.0 Å². The van der Waals surface area contributed by atoms with E-state index < -0.39 is 11.7 Å². The first-order chi connectivity index (χ1) is 15.7. The van der Waals surface area contributed by atoms with E-state index in [1.165, 1.54) is 28.5 Å². The van der Waals surface area contributed by atoms with Crippen LogP contribution in [0.25, 0.3) is 10.8 Å². The molecular formula is C24H33N5O3S. The summed E-state index contributed by atoms with van der Waals surface area (Å²) in [4.78, 5) is 34.2. The highest BCUT2D eigenvalue weighted by atomic mass is 32.2. The molecule has 0 bridgehead atoms. The number of piperazine rings is 1. The minimum absolute atomic E-state index is 0.0460. The largest absolute Gasteiger partial charge is 0.444 e. The van der Waals surface area contributed by atoms with Crippen molar-refractivity contribution in [1.82, 2.24) is 19.5 Å². The number of rotatable bonds is 6. The Kier molecular flexibility index (Phi) is 6.99. The maximum absolute atomic E-state index is 12.5. The molecule has 0 unspecified atom stereocenters. The van der Waals surface area contributed by atoms with Gasteiger partial charge in [-0.25, -0.2) is 14.1 Å². The van der Waals surface area contributed by atoms with E-state index in [2.05, 4.69) is 50.8 Å². The molecule has 1 N–H and O–H groups in total. The Balaban J connectivity index is 1.32. The normalized spacial score (nSPS) is 17.2. The number of ether oxygens (including phenoxy) is 1. The first-order valence-corrected chi connectivity index (χ1v) is 12.3. The van der Waals surface area contributed by atoms with E-state index in [-0.39, 0.29) is 12.5 Å². The molecule has 2 fully saturated rings. The van der Waals surface area contributed by atoms with Gasteiger partial charge in [-0.1, -0.05) is 12.1 Å². The van der Waals surface area contributed by atoms with Crippen LogP contribution in [0.5, 0.6) is 0 Å². The monoisotopic (exact) mass is 471 g/mol. The summed E-state index contributed by atoms with van der Waals surface area (Å²) in [5, 5.41) is 4.94. The molecule has 9 heteroatoms. The minimum atomic E-state index is -0.582. The molecule has 1 saturated heterocycles. The van der Waals surface area contributed by atoms with Crippen molar-refractivity contribution in [3.63, 3.8) is 0 Å². The van der Waals surface area contributed by atoms with Gasteiger partial charge in [-0.05, 0) is 57.7 Å². The third-order valence-corrected chi connectivity index (χ3v) is 6.95. The molecule has 33 heavy (non-hydrogen) atoms. The Morgan fingerprint density at radius 2 is 1.88 bits per heavy atom. The Labute approximate surface area is 199 Å². The Morgan fingerprint density at radius 3 is 2.55 bits per heavy atom. The molecule has 1 aliphatic carbocycles. The highest BCUT2D eigenvalue weighted by molar-refractivity contribution is 7.97. The number of benzene rings is 1. The molecule has 0 spiro atoms. The van der Waals surface area contributed by atoms with E-state index in [1.807, 2.05) is 6.20 Å². The van der Waals surface area contributed by atoms with Crippen LogP contribution in [0.4, 0.5) is 10.6 Å². The van der Waals surface area contributed by atoms with Gasteiger partial charge >= 0.3 is 6.09 Å². The lowest BCUT2D eigenvalue weighted by Gasteiger charge is -2.34. The van der Waals surface area contributed by atoms with Crippen molar-refractivity contribution in [2.45, 2.75) is 50.2 Å². The number of alkyl carbamates (subject to hydrolysis) is 1. The molecule has 8 nitrogen and oxygen atoms in total. The fourth-order valence-corrected chi connectivity index (χ4v) is 4.94. The number of nitrogens with zero attached hydrogens (tertiary/aromatic N) is 4. The second-order valence-corrected chi connectivity index (χ2v) is 10.7. The van der Waals surface area contributed by atoms with Crippen molar-refractivity contribution < 1.29 is 14.3 Å². The van der Waals surface area contributed by atoms with Gasteiger partial charge < -0.3 is 19.9 Å². The molecule has 1 saturated carbocycles. The van der Waals surface area contributed by atoms with Gasteiger partial charge in [0, 0.05) is 61.1 Å². The van der Waals surface area contributed by atoms with Crippen LogP contribution in [0, 0.1) is 0 Å². The Morgan fingerprint density at radius 1 is 1.15 bits per heavy atom. The zero-order chi connectivity index (χ0) is 23.6. The minimum Gasteiger partial charge on any atom is -0.444 e. The number of anilines is 1. The summed E-state index contributed by atoms with van der Waals surface area (Å²) in [6, 6.07) is 9.09. The zero-order valence-corrected chi connectivity index (χ0v) is 20.7. The van der Waals surface area contributed by atoms with Gasteiger partial charge in [0.2, 0.25) is 5.91 Å². The predicted molar refractivity (Wildman–Crippen MR) is 131 cm³/mol. The number of fused-ring (bicyclic) bond motifs is 1. The summed E-state index contributed by atoms with van der Waals surface area (Å²) in [6.45, 7) is 8.12. The van der Waals surface area contributed by atoms with E-state index in [0.29, 0.717) is 19.1 Å².